The largest absolute Gasteiger partial charge is 0.354 e. The summed E-state index contributed by atoms with van der Waals surface area (Å²) in [5.74, 6) is 1.64. The third-order valence-electron chi connectivity index (χ3n) is 5.58. The van der Waals surface area contributed by atoms with Gasteiger partial charge in [-0.3, -0.25) is 9.59 Å². The average molecular weight is 357 g/mol. The molecule has 1 aromatic rings. The minimum Gasteiger partial charge on any atom is -0.354 e. The number of rotatable bonds is 5. The Morgan fingerprint density at radius 1 is 1.23 bits per heavy atom. The molecule has 4 rings (SSSR count). The highest BCUT2D eigenvalue weighted by molar-refractivity contribution is 5.92. The van der Waals surface area contributed by atoms with E-state index in [0.717, 1.165) is 57.4 Å². The molecule has 1 aliphatic carbocycles. The maximum Gasteiger partial charge on any atom is 0.272 e. The van der Waals surface area contributed by atoms with E-state index in [1.165, 1.54) is 0 Å². The number of nitrogens with zero attached hydrogens (tertiary/aromatic N) is 3. The summed E-state index contributed by atoms with van der Waals surface area (Å²) in [6, 6.07) is 1.67. The molecule has 0 spiro atoms. The third kappa shape index (κ3) is 4.03. The molecule has 2 saturated heterocycles. The van der Waals surface area contributed by atoms with Crippen LogP contribution >= 0.6 is 0 Å². The van der Waals surface area contributed by atoms with Gasteiger partial charge in [-0.2, -0.15) is 0 Å². The lowest BCUT2D eigenvalue weighted by Gasteiger charge is -2.33. The summed E-state index contributed by atoms with van der Waals surface area (Å²) in [6.45, 7) is 3.00. The van der Waals surface area contributed by atoms with Gasteiger partial charge in [-0.15, -0.1) is 0 Å². The SMILES string of the molecule is O=C(NCC1CCCN(C(=O)c2ccnc(C3CC3)n2)C1)C1CCCN1. The Bertz CT molecular complexity index is 670. The predicted molar refractivity (Wildman–Crippen MR) is 96.7 cm³/mol. The van der Waals surface area contributed by atoms with Crippen molar-refractivity contribution >= 4 is 11.8 Å². The van der Waals surface area contributed by atoms with Gasteiger partial charge in [0.25, 0.3) is 5.91 Å². The van der Waals surface area contributed by atoms with Crippen LogP contribution in [0.15, 0.2) is 12.3 Å². The number of aromatic nitrogens is 2. The first-order chi connectivity index (χ1) is 12.7. The van der Waals surface area contributed by atoms with Crippen LogP contribution in [-0.2, 0) is 4.79 Å². The summed E-state index contributed by atoms with van der Waals surface area (Å²) in [5, 5.41) is 6.28. The Morgan fingerprint density at radius 2 is 2.12 bits per heavy atom. The van der Waals surface area contributed by atoms with Crippen LogP contribution in [-0.4, -0.2) is 58.9 Å². The zero-order chi connectivity index (χ0) is 17.9. The highest BCUT2D eigenvalue weighted by atomic mass is 16.2. The fourth-order valence-electron chi connectivity index (χ4n) is 3.89. The van der Waals surface area contributed by atoms with Crippen LogP contribution in [0.3, 0.4) is 0 Å². The second-order valence-corrected chi connectivity index (χ2v) is 7.73. The van der Waals surface area contributed by atoms with E-state index in [1.807, 2.05) is 4.90 Å². The van der Waals surface area contributed by atoms with Crippen LogP contribution in [0.5, 0.6) is 0 Å². The van der Waals surface area contributed by atoms with Crippen molar-refractivity contribution in [3.8, 4) is 0 Å². The number of piperidine rings is 1. The molecule has 1 saturated carbocycles. The Labute approximate surface area is 154 Å². The zero-order valence-corrected chi connectivity index (χ0v) is 15.1. The molecule has 3 fully saturated rings. The first-order valence-electron chi connectivity index (χ1n) is 9.84. The molecule has 0 bridgehead atoms. The summed E-state index contributed by atoms with van der Waals surface area (Å²) in [7, 11) is 0. The first kappa shape index (κ1) is 17.4. The van der Waals surface area contributed by atoms with Gasteiger partial charge >= 0.3 is 0 Å². The van der Waals surface area contributed by atoms with E-state index in [2.05, 4.69) is 20.6 Å². The Balaban J connectivity index is 1.31. The minimum atomic E-state index is -0.0433. The first-order valence-corrected chi connectivity index (χ1v) is 9.84. The number of hydrogen-bond acceptors (Lipinski definition) is 5. The van der Waals surface area contributed by atoms with Gasteiger partial charge in [0.1, 0.15) is 11.5 Å². The van der Waals surface area contributed by atoms with Gasteiger partial charge in [0, 0.05) is 31.7 Å². The topological polar surface area (TPSA) is 87.2 Å². The third-order valence-corrected chi connectivity index (χ3v) is 5.58. The highest BCUT2D eigenvalue weighted by Gasteiger charge is 2.30. The van der Waals surface area contributed by atoms with Gasteiger partial charge in [-0.1, -0.05) is 0 Å². The van der Waals surface area contributed by atoms with Gasteiger partial charge in [0.2, 0.25) is 5.91 Å². The van der Waals surface area contributed by atoms with Crippen molar-refractivity contribution in [1.82, 2.24) is 25.5 Å². The van der Waals surface area contributed by atoms with Crippen LogP contribution in [0.25, 0.3) is 0 Å². The predicted octanol–water partition coefficient (Wildman–Crippen LogP) is 1.07. The molecule has 26 heavy (non-hydrogen) atoms. The fraction of sp³-hybridized carbons (Fsp3) is 0.684. The van der Waals surface area contributed by atoms with Gasteiger partial charge in [0.15, 0.2) is 0 Å². The molecule has 0 aromatic carbocycles. The molecule has 7 nitrogen and oxygen atoms in total. The second kappa shape index (κ2) is 7.70. The quantitative estimate of drug-likeness (QED) is 0.823. The molecule has 2 aliphatic heterocycles. The summed E-state index contributed by atoms with van der Waals surface area (Å²) in [5.41, 5.74) is 0.502. The molecule has 3 aliphatic rings. The van der Waals surface area contributed by atoms with E-state index >= 15 is 0 Å². The van der Waals surface area contributed by atoms with Crippen LogP contribution in [0.1, 0.15) is 60.8 Å². The molecular formula is C19H27N5O2. The van der Waals surface area contributed by atoms with Gasteiger partial charge in [-0.05, 0) is 57.1 Å². The lowest BCUT2D eigenvalue weighted by molar-refractivity contribution is -0.123. The lowest BCUT2D eigenvalue weighted by atomic mass is 9.97. The smallest absolute Gasteiger partial charge is 0.272 e. The van der Waals surface area contributed by atoms with Crippen molar-refractivity contribution in [3.63, 3.8) is 0 Å². The van der Waals surface area contributed by atoms with E-state index in [-0.39, 0.29) is 17.9 Å². The Hall–Kier alpha value is -2.02. The Morgan fingerprint density at radius 3 is 2.88 bits per heavy atom. The average Bonchev–Trinajstić information content (AvgIpc) is 3.40. The number of nitrogens with one attached hydrogen (secondary N) is 2. The number of carbonyl (C=O) groups is 2. The number of amides is 2. The van der Waals surface area contributed by atoms with Crippen LogP contribution < -0.4 is 10.6 Å². The van der Waals surface area contributed by atoms with Crippen molar-refractivity contribution in [2.24, 2.45) is 5.92 Å². The van der Waals surface area contributed by atoms with E-state index in [1.54, 1.807) is 12.3 Å². The summed E-state index contributed by atoms with van der Waals surface area (Å²) >= 11 is 0. The zero-order valence-electron chi connectivity index (χ0n) is 15.1. The molecular weight excluding hydrogens is 330 g/mol. The number of likely N-dealkylation sites (tertiary alicyclic amines) is 1. The maximum absolute atomic E-state index is 12.8. The van der Waals surface area contributed by atoms with E-state index in [0.29, 0.717) is 30.6 Å². The molecule has 1 aromatic heterocycles. The van der Waals surface area contributed by atoms with Gasteiger partial charge in [0.05, 0.1) is 6.04 Å². The fourth-order valence-corrected chi connectivity index (χ4v) is 3.89. The van der Waals surface area contributed by atoms with Crippen molar-refractivity contribution < 1.29 is 9.59 Å². The van der Waals surface area contributed by atoms with Gasteiger partial charge < -0.3 is 15.5 Å². The summed E-state index contributed by atoms with van der Waals surface area (Å²) < 4.78 is 0. The molecule has 2 N–H and O–H groups in total. The molecule has 2 amide bonds. The van der Waals surface area contributed by atoms with E-state index < -0.39 is 0 Å². The van der Waals surface area contributed by atoms with Crippen LogP contribution in [0.4, 0.5) is 0 Å². The Kier molecular flexibility index (Phi) is 5.15. The molecule has 2 unspecified atom stereocenters. The van der Waals surface area contributed by atoms with Crippen molar-refractivity contribution in [2.45, 2.75) is 50.5 Å². The number of carbonyl (C=O) groups excluding carboxylic acids is 2. The standard InChI is InChI=1S/C19H27N5O2/c25-18(15-4-1-8-20-15)22-11-13-3-2-10-24(12-13)19(26)16-7-9-21-17(23-16)14-5-6-14/h7,9,13-15,20H,1-6,8,10-12H2,(H,22,25). The van der Waals surface area contributed by atoms with Crippen LogP contribution in [0.2, 0.25) is 0 Å². The van der Waals surface area contributed by atoms with Crippen molar-refractivity contribution in [1.29, 1.82) is 0 Å². The minimum absolute atomic E-state index is 0.0113. The monoisotopic (exact) mass is 357 g/mol. The lowest BCUT2D eigenvalue weighted by Crippen LogP contribution is -2.46. The summed E-state index contributed by atoms with van der Waals surface area (Å²) in [4.78, 5) is 35.6. The number of hydrogen-bond donors (Lipinski definition) is 2. The molecule has 2 atom stereocenters. The van der Waals surface area contributed by atoms with Crippen molar-refractivity contribution in [2.75, 3.05) is 26.2 Å². The molecule has 140 valence electrons. The molecule has 3 heterocycles. The van der Waals surface area contributed by atoms with Gasteiger partial charge in [-0.25, -0.2) is 9.97 Å². The van der Waals surface area contributed by atoms with E-state index in [4.69, 9.17) is 0 Å². The maximum atomic E-state index is 12.8. The second-order valence-electron chi connectivity index (χ2n) is 7.73. The molecule has 7 heteroatoms. The van der Waals surface area contributed by atoms with E-state index in [9.17, 15) is 9.59 Å². The summed E-state index contributed by atoms with van der Waals surface area (Å²) in [6.07, 6.45) is 7.93. The van der Waals surface area contributed by atoms with Crippen molar-refractivity contribution in [3.05, 3.63) is 23.8 Å². The molecule has 0 radical (unpaired) electrons. The highest BCUT2D eigenvalue weighted by Crippen LogP contribution is 2.37. The normalized spacial score (nSPS) is 25.9. The van der Waals surface area contributed by atoms with Crippen LogP contribution in [0, 0.1) is 5.92 Å².